The van der Waals surface area contributed by atoms with Gasteiger partial charge in [0.2, 0.25) is 0 Å². The molecule has 3 heteroatoms. The van der Waals surface area contributed by atoms with Crippen molar-refractivity contribution < 1.29 is 13.9 Å². The Morgan fingerprint density at radius 1 is 1.17 bits per heavy atom. The van der Waals surface area contributed by atoms with Gasteiger partial charge in [0.1, 0.15) is 11.6 Å². The predicted octanol–water partition coefficient (Wildman–Crippen LogP) is 3.84. The standard InChI is InChI=1S/C15H20F2O/c1-2-15(5-3-4-6-15)14(18)9-11-7-12(16)10-13(17)8-11/h7-8,10,14,18H,2-6,9H2,1H3. The van der Waals surface area contributed by atoms with E-state index in [1.165, 1.54) is 12.1 Å². The van der Waals surface area contributed by atoms with Crippen LogP contribution in [-0.4, -0.2) is 11.2 Å². The first kappa shape index (κ1) is 13.5. The van der Waals surface area contributed by atoms with Gasteiger partial charge >= 0.3 is 0 Å². The second-order valence-corrected chi connectivity index (χ2v) is 5.42. The molecule has 1 aromatic carbocycles. The SMILES string of the molecule is CCC1(C(O)Cc2cc(F)cc(F)c2)CCCC1. The fraction of sp³-hybridized carbons (Fsp3) is 0.600. The summed E-state index contributed by atoms with van der Waals surface area (Å²) in [5.74, 6) is -1.15. The molecule has 2 rings (SSSR count). The van der Waals surface area contributed by atoms with Crippen LogP contribution in [0.5, 0.6) is 0 Å². The van der Waals surface area contributed by atoms with Gasteiger partial charge in [0.25, 0.3) is 0 Å². The second kappa shape index (κ2) is 5.35. The Bertz CT molecular complexity index is 391. The summed E-state index contributed by atoms with van der Waals surface area (Å²) >= 11 is 0. The van der Waals surface area contributed by atoms with Gasteiger partial charge in [-0.05, 0) is 48.8 Å². The Kier molecular flexibility index (Phi) is 4.00. The van der Waals surface area contributed by atoms with Crippen LogP contribution in [0.3, 0.4) is 0 Å². The molecule has 100 valence electrons. The maximum Gasteiger partial charge on any atom is 0.126 e. The molecule has 1 aliphatic carbocycles. The highest BCUT2D eigenvalue weighted by Crippen LogP contribution is 2.44. The summed E-state index contributed by atoms with van der Waals surface area (Å²) < 4.78 is 26.2. The fourth-order valence-corrected chi connectivity index (χ4v) is 3.17. The van der Waals surface area contributed by atoms with E-state index >= 15 is 0 Å². The summed E-state index contributed by atoms with van der Waals surface area (Å²) in [6, 6.07) is 3.48. The van der Waals surface area contributed by atoms with Crippen LogP contribution in [-0.2, 0) is 6.42 Å². The average molecular weight is 254 g/mol. The molecule has 0 aromatic heterocycles. The molecule has 1 atom stereocenters. The summed E-state index contributed by atoms with van der Waals surface area (Å²) in [6.07, 6.45) is 5.07. The van der Waals surface area contributed by atoms with Crippen LogP contribution in [0.1, 0.15) is 44.6 Å². The first-order valence-electron chi connectivity index (χ1n) is 6.69. The highest BCUT2D eigenvalue weighted by atomic mass is 19.1. The second-order valence-electron chi connectivity index (χ2n) is 5.42. The quantitative estimate of drug-likeness (QED) is 0.865. The molecule has 0 spiro atoms. The van der Waals surface area contributed by atoms with Gasteiger partial charge in [-0.2, -0.15) is 0 Å². The van der Waals surface area contributed by atoms with E-state index in [9.17, 15) is 13.9 Å². The van der Waals surface area contributed by atoms with E-state index in [0.29, 0.717) is 12.0 Å². The molecule has 1 N–H and O–H groups in total. The molecule has 1 aromatic rings. The zero-order valence-electron chi connectivity index (χ0n) is 10.8. The Morgan fingerprint density at radius 3 is 2.22 bits per heavy atom. The van der Waals surface area contributed by atoms with Crippen LogP contribution in [0.4, 0.5) is 8.78 Å². The number of rotatable bonds is 4. The highest BCUT2D eigenvalue weighted by Gasteiger charge is 2.38. The Labute approximate surface area is 107 Å². The minimum absolute atomic E-state index is 0.0528. The normalized spacial score (nSPS) is 20.0. The van der Waals surface area contributed by atoms with Crippen molar-refractivity contribution in [3.8, 4) is 0 Å². The van der Waals surface area contributed by atoms with E-state index in [0.717, 1.165) is 38.2 Å². The topological polar surface area (TPSA) is 20.2 Å². The zero-order valence-corrected chi connectivity index (χ0v) is 10.8. The molecule has 18 heavy (non-hydrogen) atoms. The van der Waals surface area contributed by atoms with E-state index in [-0.39, 0.29) is 5.41 Å². The van der Waals surface area contributed by atoms with Crippen LogP contribution in [0.25, 0.3) is 0 Å². The molecular formula is C15H20F2O. The number of aliphatic hydroxyl groups is 1. The van der Waals surface area contributed by atoms with Gasteiger partial charge < -0.3 is 5.11 Å². The molecule has 0 aliphatic heterocycles. The summed E-state index contributed by atoms with van der Waals surface area (Å²) in [5.41, 5.74) is 0.489. The first-order valence-corrected chi connectivity index (χ1v) is 6.69. The van der Waals surface area contributed by atoms with Crippen molar-refractivity contribution in [3.05, 3.63) is 35.4 Å². The van der Waals surface area contributed by atoms with Crippen molar-refractivity contribution in [2.75, 3.05) is 0 Å². The van der Waals surface area contributed by atoms with Crippen LogP contribution >= 0.6 is 0 Å². The van der Waals surface area contributed by atoms with Crippen molar-refractivity contribution in [3.63, 3.8) is 0 Å². The van der Waals surface area contributed by atoms with Crippen molar-refractivity contribution in [1.82, 2.24) is 0 Å². The molecule has 1 aliphatic rings. The van der Waals surface area contributed by atoms with Crippen LogP contribution in [0, 0.1) is 17.0 Å². The van der Waals surface area contributed by atoms with E-state index in [4.69, 9.17) is 0 Å². The van der Waals surface area contributed by atoms with E-state index in [1.807, 2.05) is 0 Å². The summed E-state index contributed by atoms with van der Waals surface area (Å²) in [4.78, 5) is 0. The lowest BCUT2D eigenvalue weighted by Gasteiger charge is -2.33. The molecule has 1 unspecified atom stereocenters. The molecule has 0 saturated heterocycles. The monoisotopic (exact) mass is 254 g/mol. The van der Waals surface area contributed by atoms with Crippen LogP contribution < -0.4 is 0 Å². The lowest BCUT2D eigenvalue weighted by molar-refractivity contribution is 0.0256. The Hall–Kier alpha value is -0.960. The number of aliphatic hydroxyl groups excluding tert-OH is 1. The molecular weight excluding hydrogens is 234 g/mol. The molecule has 0 heterocycles. The lowest BCUT2D eigenvalue weighted by atomic mass is 9.76. The van der Waals surface area contributed by atoms with Gasteiger partial charge in [0.05, 0.1) is 6.10 Å². The highest BCUT2D eigenvalue weighted by molar-refractivity contribution is 5.19. The third-order valence-corrected chi connectivity index (χ3v) is 4.36. The lowest BCUT2D eigenvalue weighted by Crippen LogP contribution is -2.33. The summed E-state index contributed by atoms with van der Waals surface area (Å²) in [5, 5.41) is 10.4. The third kappa shape index (κ3) is 2.72. The fourth-order valence-electron chi connectivity index (χ4n) is 3.17. The first-order chi connectivity index (χ1) is 8.55. The van der Waals surface area contributed by atoms with Gasteiger partial charge in [0, 0.05) is 6.07 Å². The van der Waals surface area contributed by atoms with Gasteiger partial charge in [-0.1, -0.05) is 19.8 Å². The smallest absolute Gasteiger partial charge is 0.126 e. The maximum absolute atomic E-state index is 13.1. The number of benzene rings is 1. The van der Waals surface area contributed by atoms with E-state index in [2.05, 4.69) is 6.92 Å². The number of hydrogen-bond donors (Lipinski definition) is 1. The molecule has 0 amide bonds. The zero-order chi connectivity index (χ0) is 13.2. The van der Waals surface area contributed by atoms with Crippen LogP contribution in [0.2, 0.25) is 0 Å². The number of hydrogen-bond acceptors (Lipinski definition) is 1. The van der Waals surface area contributed by atoms with Crippen molar-refractivity contribution in [2.24, 2.45) is 5.41 Å². The van der Waals surface area contributed by atoms with Gasteiger partial charge in [-0.15, -0.1) is 0 Å². The average Bonchev–Trinajstić information content (AvgIpc) is 2.77. The minimum atomic E-state index is -0.575. The van der Waals surface area contributed by atoms with Gasteiger partial charge in [-0.3, -0.25) is 0 Å². The van der Waals surface area contributed by atoms with Gasteiger partial charge in [-0.25, -0.2) is 8.78 Å². The molecule has 0 radical (unpaired) electrons. The Morgan fingerprint density at radius 2 is 1.72 bits per heavy atom. The minimum Gasteiger partial charge on any atom is -0.392 e. The molecule has 1 nitrogen and oxygen atoms in total. The van der Waals surface area contributed by atoms with Crippen molar-refractivity contribution in [1.29, 1.82) is 0 Å². The van der Waals surface area contributed by atoms with E-state index in [1.54, 1.807) is 0 Å². The van der Waals surface area contributed by atoms with E-state index < -0.39 is 17.7 Å². The van der Waals surface area contributed by atoms with Crippen molar-refractivity contribution in [2.45, 2.75) is 51.6 Å². The summed E-state index contributed by atoms with van der Waals surface area (Å²) in [7, 11) is 0. The largest absolute Gasteiger partial charge is 0.392 e. The summed E-state index contributed by atoms with van der Waals surface area (Å²) in [6.45, 7) is 2.08. The Balaban J connectivity index is 2.12. The molecule has 1 saturated carbocycles. The molecule has 0 bridgehead atoms. The number of halogens is 2. The third-order valence-electron chi connectivity index (χ3n) is 4.36. The van der Waals surface area contributed by atoms with Crippen molar-refractivity contribution >= 4 is 0 Å². The van der Waals surface area contributed by atoms with Gasteiger partial charge in [0.15, 0.2) is 0 Å². The maximum atomic E-state index is 13.1. The predicted molar refractivity (Wildman–Crippen MR) is 67.3 cm³/mol. The van der Waals surface area contributed by atoms with Crippen LogP contribution in [0.15, 0.2) is 18.2 Å². The molecule has 1 fully saturated rings.